The first kappa shape index (κ1) is 15.8. The van der Waals surface area contributed by atoms with Gasteiger partial charge in [0, 0.05) is 25.7 Å². The van der Waals surface area contributed by atoms with Crippen molar-refractivity contribution in [2.75, 3.05) is 26.7 Å². The van der Waals surface area contributed by atoms with Gasteiger partial charge in [0.25, 0.3) is 0 Å². The smallest absolute Gasteiger partial charge is 0.326 e. The standard InChI is InChI=1S/C13H25N3O3/c1-5-9(2)11(12(17)18)14-13(19)16-7-6-15(4)10(3)8-16/h9-11H,5-8H2,1-4H3,(H,14,19)(H,17,18)/t9-,10?,11-/m0/s1. The fraction of sp³-hybridized carbons (Fsp3) is 0.846. The van der Waals surface area contributed by atoms with Crippen LogP contribution in [0.4, 0.5) is 4.79 Å². The van der Waals surface area contributed by atoms with Crippen molar-refractivity contribution in [3.63, 3.8) is 0 Å². The molecule has 0 saturated carbocycles. The van der Waals surface area contributed by atoms with E-state index in [9.17, 15) is 14.7 Å². The third kappa shape index (κ3) is 4.09. The van der Waals surface area contributed by atoms with Gasteiger partial charge in [-0.25, -0.2) is 9.59 Å². The van der Waals surface area contributed by atoms with Crippen molar-refractivity contribution in [2.45, 2.75) is 39.3 Å². The lowest BCUT2D eigenvalue weighted by atomic mass is 9.99. The van der Waals surface area contributed by atoms with Gasteiger partial charge in [-0.1, -0.05) is 20.3 Å². The molecule has 0 aliphatic carbocycles. The van der Waals surface area contributed by atoms with Gasteiger partial charge >= 0.3 is 12.0 Å². The molecule has 1 aliphatic rings. The number of hydrogen-bond donors (Lipinski definition) is 2. The van der Waals surface area contributed by atoms with E-state index < -0.39 is 12.0 Å². The first-order chi connectivity index (χ1) is 8.86. The second-order valence-corrected chi connectivity index (χ2v) is 5.43. The Morgan fingerprint density at radius 3 is 2.53 bits per heavy atom. The van der Waals surface area contributed by atoms with E-state index in [1.165, 1.54) is 0 Å². The number of piperazine rings is 1. The van der Waals surface area contributed by atoms with E-state index in [1.54, 1.807) is 4.90 Å². The normalized spacial score (nSPS) is 23.8. The van der Waals surface area contributed by atoms with Gasteiger partial charge in [0.05, 0.1) is 0 Å². The molecule has 0 spiro atoms. The van der Waals surface area contributed by atoms with Crippen molar-refractivity contribution < 1.29 is 14.7 Å². The lowest BCUT2D eigenvalue weighted by Gasteiger charge is -2.38. The Kier molecular flexibility index (Phi) is 5.60. The minimum atomic E-state index is -0.968. The van der Waals surface area contributed by atoms with Gasteiger partial charge in [0.1, 0.15) is 6.04 Å². The first-order valence-electron chi connectivity index (χ1n) is 6.85. The van der Waals surface area contributed by atoms with Crippen molar-refractivity contribution in [2.24, 2.45) is 5.92 Å². The van der Waals surface area contributed by atoms with Crippen molar-refractivity contribution in [3.8, 4) is 0 Å². The van der Waals surface area contributed by atoms with Crippen LogP contribution >= 0.6 is 0 Å². The highest BCUT2D eigenvalue weighted by Crippen LogP contribution is 2.11. The van der Waals surface area contributed by atoms with E-state index in [1.807, 2.05) is 20.9 Å². The summed E-state index contributed by atoms with van der Waals surface area (Å²) in [5.41, 5.74) is 0. The highest BCUT2D eigenvalue weighted by molar-refractivity contribution is 5.82. The van der Waals surface area contributed by atoms with Crippen LogP contribution in [0.25, 0.3) is 0 Å². The molecule has 1 fully saturated rings. The van der Waals surface area contributed by atoms with E-state index >= 15 is 0 Å². The number of carbonyl (C=O) groups excluding carboxylic acids is 1. The first-order valence-corrected chi connectivity index (χ1v) is 6.85. The van der Waals surface area contributed by atoms with Crippen LogP contribution in [0, 0.1) is 5.92 Å². The Balaban J connectivity index is 2.60. The van der Waals surface area contributed by atoms with Gasteiger partial charge in [-0.15, -0.1) is 0 Å². The summed E-state index contributed by atoms with van der Waals surface area (Å²) in [7, 11) is 2.03. The summed E-state index contributed by atoms with van der Waals surface area (Å²) in [6.45, 7) is 7.91. The van der Waals surface area contributed by atoms with Crippen molar-refractivity contribution >= 4 is 12.0 Å². The average Bonchev–Trinajstić information content (AvgIpc) is 2.37. The van der Waals surface area contributed by atoms with E-state index in [-0.39, 0.29) is 11.9 Å². The minimum Gasteiger partial charge on any atom is -0.480 e. The predicted octanol–water partition coefficient (Wildman–Crippen LogP) is 0.831. The van der Waals surface area contributed by atoms with Crippen LogP contribution in [0.1, 0.15) is 27.2 Å². The molecular weight excluding hydrogens is 246 g/mol. The second-order valence-electron chi connectivity index (χ2n) is 5.43. The van der Waals surface area contributed by atoms with E-state index in [0.29, 0.717) is 19.1 Å². The largest absolute Gasteiger partial charge is 0.480 e. The topological polar surface area (TPSA) is 72.9 Å². The molecule has 1 heterocycles. The number of carbonyl (C=O) groups is 2. The number of nitrogens with zero attached hydrogens (tertiary/aromatic N) is 2. The fourth-order valence-electron chi connectivity index (χ4n) is 2.14. The molecule has 1 rings (SSSR count). The Morgan fingerprint density at radius 2 is 2.05 bits per heavy atom. The van der Waals surface area contributed by atoms with E-state index in [2.05, 4.69) is 17.1 Å². The lowest BCUT2D eigenvalue weighted by Crippen LogP contribution is -2.57. The zero-order valence-electron chi connectivity index (χ0n) is 12.2. The fourth-order valence-corrected chi connectivity index (χ4v) is 2.14. The summed E-state index contributed by atoms with van der Waals surface area (Å²) in [5, 5.41) is 11.8. The molecule has 0 radical (unpaired) electrons. The minimum absolute atomic E-state index is 0.0775. The Labute approximate surface area is 114 Å². The van der Waals surface area contributed by atoms with Gasteiger partial charge < -0.3 is 20.2 Å². The lowest BCUT2D eigenvalue weighted by molar-refractivity contribution is -0.140. The number of amides is 2. The van der Waals surface area contributed by atoms with Crippen LogP contribution in [0.5, 0.6) is 0 Å². The van der Waals surface area contributed by atoms with Crippen LogP contribution in [0.15, 0.2) is 0 Å². The molecule has 110 valence electrons. The van der Waals surface area contributed by atoms with Crippen molar-refractivity contribution in [1.29, 1.82) is 0 Å². The van der Waals surface area contributed by atoms with Crippen LogP contribution in [0.3, 0.4) is 0 Å². The molecule has 1 aliphatic heterocycles. The summed E-state index contributed by atoms with van der Waals surface area (Å²) < 4.78 is 0. The van der Waals surface area contributed by atoms with E-state index in [0.717, 1.165) is 13.0 Å². The summed E-state index contributed by atoms with van der Waals surface area (Å²) in [6.07, 6.45) is 0.719. The van der Waals surface area contributed by atoms with Crippen molar-refractivity contribution in [3.05, 3.63) is 0 Å². The third-order valence-corrected chi connectivity index (χ3v) is 4.00. The molecule has 6 heteroatoms. The summed E-state index contributed by atoms with van der Waals surface area (Å²) in [4.78, 5) is 27.2. The summed E-state index contributed by atoms with van der Waals surface area (Å²) >= 11 is 0. The molecule has 1 saturated heterocycles. The zero-order valence-corrected chi connectivity index (χ0v) is 12.2. The Bertz CT molecular complexity index is 335. The number of nitrogens with one attached hydrogen (secondary N) is 1. The molecule has 2 amide bonds. The van der Waals surface area contributed by atoms with Crippen molar-refractivity contribution in [1.82, 2.24) is 15.1 Å². The SMILES string of the molecule is CC[C@H](C)[C@H](NC(=O)N1CCN(C)C(C)C1)C(=O)O. The van der Waals surface area contributed by atoms with Crippen LogP contribution in [-0.4, -0.2) is 65.7 Å². The molecule has 1 unspecified atom stereocenters. The van der Waals surface area contributed by atoms with Gasteiger partial charge in [-0.05, 0) is 19.9 Å². The number of hydrogen-bond acceptors (Lipinski definition) is 3. The van der Waals surface area contributed by atoms with Gasteiger partial charge in [0.2, 0.25) is 0 Å². The van der Waals surface area contributed by atoms with Gasteiger partial charge in [0.15, 0.2) is 0 Å². The number of aliphatic carboxylic acids is 1. The average molecular weight is 271 g/mol. The molecule has 0 aromatic carbocycles. The van der Waals surface area contributed by atoms with Crippen LogP contribution < -0.4 is 5.32 Å². The summed E-state index contributed by atoms with van der Waals surface area (Å²) in [6, 6.07) is -0.786. The number of rotatable bonds is 4. The number of urea groups is 1. The monoisotopic (exact) mass is 271 g/mol. The summed E-state index contributed by atoms with van der Waals surface area (Å²) in [5.74, 6) is -1.05. The molecule has 0 aromatic heterocycles. The molecule has 19 heavy (non-hydrogen) atoms. The molecule has 0 bridgehead atoms. The maximum atomic E-state index is 12.1. The highest BCUT2D eigenvalue weighted by Gasteiger charge is 2.30. The second kappa shape index (κ2) is 6.75. The Hall–Kier alpha value is -1.30. The Morgan fingerprint density at radius 1 is 1.42 bits per heavy atom. The zero-order chi connectivity index (χ0) is 14.6. The van der Waals surface area contributed by atoms with Crippen LogP contribution in [-0.2, 0) is 4.79 Å². The third-order valence-electron chi connectivity index (χ3n) is 4.00. The number of likely N-dealkylation sites (N-methyl/N-ethyl adjacent to an activating group) is 1. The van der Waals surface area contributed by atoms with E-state index in [4.69, 9.17) is 0 Å². The maximum absolute atomic E-state index is 12.1. The van der Waals surface area contributed by atoms with Gasteiger partial charge in [-0.2, -0.15) is 0 Å². The number of carboxylic acid groups (broad SMARTS) is 1. The molecule has 6 nitrogen and oxygen atoms in total. The molecular formula is C13H25N3O3. The molecule has 0 aromatic rings. The number of carboxylic acids is 1. The predicted molar refractivity (Wildman–Crippen MR) is 73.1 cm³/mol. The molecule has 2 N–H and O–H groups in total. The quantitative estimate of drug-likeness (QED) is 0.794. The maximum Gasteiger partial charge on any atom is 0.326 e. The molecule has 3 atom stereocenters. The van der Waals surface area contributed by atoms with Gasteiger partial charge in [-0.3, -0.25) is 0 Å². The van der Waals surface area contributed by atoms with Crippen LogP contribution in [0.2, 0.25) is 0 Å². The highest BCUT2D eigenvalue weighted by atomic mass is 16.4.